The fourth-order valence-electron chi connectivity index (χ4n) is 1.72. The molecule has 0 aliphatic heterocycles. The van der Waals surface area contributed by atoms with Crippen LogP contribution in [0.15, 0.2) is 42.6 Å². The van der Waals surface area contributed by atoms with Crippen molar-refractivity contribution < 1.29 is 14.3 Å². The highest BCUT2D eigenvalue weighted by atomic mass is 35.5. The number of benzene rings is 1. The smallest absolute Gasteiger partial charge is 0.255 e. The number of aromatic nitrogens is 1. The molecule has 0 aliphatic rings. The van der Waals surface area contributed by atoms with Crippen LogP contribution < -0.4 is 10.1 Å². The number of halogens is 1. The highest BCUT2D eigenvalue weighted by molar-refractivity contribution is 6.29. The van der Waals surface area contributed by atoms with Crippen molar-refractivity contribution in [2.45, 2.75) is 6.92 Å². The Hall–Kier alpha value is -2.11. The Labute approximate surface area is 134 Å². The summed E-state index contributed by atoms with van der Waals surface area (Å²) in [5.74, 6) is 0.481. The Kier molecular flexibility index (Phi) is 6.18. The molecule has 0 unspecified atom stereocenters. The summed E-state index contributed by atoms with van der Waals surface area (Å²) in [5, 5.41) is 3.12. The Bertz CT molecular complexity index is 600. The van der Waals surface area contributed by atoms with Gasteiger partial charge in [-0.15, -0.1) is 0 Å². The van der Waals surface area contributed by atoms with Crippen molar-refractivity contribution in [3.8, 4) is 5.75 Å². The van der Waals surface area contributed by atoms with E-state index in [4.69, 9.17) is 21.1 Å². The van der Waals surface area contributed by atoms with Gasteiger partial charge in [0.25, 0.3) is 5.91 Å². The molecular weight excluding hydrogens is 304 g/mol. The maximum absolute atomic E-state index is 12.1. The second kappa shape index (κ2) is 8.36. The Morgan fingerprint density at radius 1 is 1.18 bits per heavy atom. The van der Waals surface area contributed by atoms with Crippen LogP contribution in [0, 0.1) is 0 Å². The van der Waals surface area contributed by atoms with Gasteiger partial charge < -0.3 is 14.8 Å². The minimum Gasteiger partial charge on any atom is -0.491 e. The van der Waals surface area contributed by atoms with Gasteiger partial charge in [-0.25, -0.2) is 4.98 Å². The van der Waals surface area contributed by atoms with Crippen LogP contribution in [0.3, 0.4) is 0 Å². The zero-order valence-electron chi connectivity index (χ0n) is 12.2. The molecule has 5 nitrogen and oxygen atoms in total. The summed E-state index contributed by atoms with van der Waals surface area (Å²) in [5.41, 5.74) is 1.12. The minimum absolute atomic E-state index is 0.218. The first-order valence-corrected chi connectivity index (χ1v) is 7.30. The van der Waals surface area contributed by atoms with E-state index < -0.39 is 0 Å². The number of pyridine rings is 1. The van der Waals surface area contributed by atoms with E-state index in [1.54, 1.807) is 36.4 Å². The number of carbonyl (C=O) groups excluding carboxylic acids is 1. The number of nitrogens with zero attached hydrogens (tertiary/aromatic N) is 1. The average Bonchev–Trinajstić information content (AvgIpc) is 2.54. The van der Waals surface area contributed by atoms with Crippen LogP contribution in [0.2, 0.25) is 5.15 Å². The van der Waals surface area contributed by atoms with Crippen molar-refractivity contribution in [1.82, 2.24) is 4.98 Å². The lowest BCUT2D eigenvalue weighted by atomic mass is 10.2. The van der Waals surface area contributed by atoms with Gasteiger partial charge in [0, 0.05) is 12.2 Å². The monoisotopic (exact) mass is 320 g/mol. The lowest BCUT2D eigenvalue weighted by Gasteiger charge is -2.08. The van der Waals surface area contributed by atoms with E-state index >= 15 is 0 Å². The van der Waals surface area contributed by atoms with Crippen molar-refractivity contribution >= 4 is 23.2 Å². The molecule has 0 saturated heterocycles. The van der Waals surface area contributed by atoms with Gasteiger partial charge in [-0.3, -0.25) is 4.79 Å². The number of hydrogen-bond donors (Lipinski definition) is 1. The number of anilines is 1. The summed E-state index contributed by atoms with van der Waals surface area (Å²) in [4.78, 5) is 16.0. The number of rotatable bonds is 7. The van der Waals surface area contributed by atoms with Crippen LogP contribution in [-0.2, 0) is 4.74 Å². The summed E-state index contributed by atoms with van der Waals surface area (Å²) >= 11 is 5.70. The third kappa shape index (κ3) is 5.02. The molecule has 0 atom stereocenters. The van der Waals surface area contributed by atoms with Crippen LogP contribution >= 0.6 is 11.6 Å². The first kappa shape index (κ1) is 16.3. The van der Waals surface area contributed by atoms with Crippen LogP contribution in [0.25, 0.3) is 0 Å². The molecule has 0 bridgehead atoms. The molecule has 1 heterocycles. The van der Waals surface area contributed by atoms with Gasteiger partial charge >= 0.3 is 0 Å². The van der Waals surface area contributed by atoms with E-state index in [2.05, 4.69) is 10.3 Å². The molecule has 1 aromatic carbocycles. The van der Waals surface area contributed by atoms with Crippen LogP contribution in [0.5, 0.6) is 5.75 Å². The Balaban J connectivity index is 1.89. The predicted molar refractivity (Wildman–Crippen MR) is 85.6 cm³/mol. The van der Waals surface area contributed by atoms with Crippen molar-refractivity contribution in [2.75, 3.05) is 25.1 Å². The molecule has 22 heavy (non-hydrogen) atoms. The van der Waals surface area contributed by atoms with Crippen molar-refractivity contribution in [3.05, 3.63) is 53.3 Å². The number of hydrogen-bond acceptors (Lipinski definition) is 4. The molecule has 116 valence electrons. The van der Waals surface area contributed by atoms with E-state index in [0.29, 0.717) is 42.0 Å². The maximum Gasteiger partial charge on any atom is 0.255 e. The van der Waals surface area contributed by atoms with E-state index in [1.165, 1.54) is 6.20 Å². The van der Waals surface area contributed by atoms with Crippen LogP contribution in [0.1, 0.15) is 17.3 Å². The quantitative estimate of drug-likeness (QED) is 0.627. The largest absolute Gasteiger partial charge is 0.491 e. The first-order valence-electron chi connectivity index (χ1n) is 6.92. The van der Waals surface area contributed by atoms with Crippen LogP contribution in [0.4, 0.5) is 5.69 Å². The number of ether oxygens (including phenoxy) is 2. The molecule has 0 saturated carbocycles. The van der Waals surface area contributed by atoms with E-state index in [0.717, 1.165) is 0 Å². The Morgan fingerprint density at radius 3 is 2.59 bits per heavy atom. The molecule has 1 amide bonds. The number of amides is 1. The summed E-state index contributed by atoms with van der Waals surface area (Å²) in [6, 6.07) is 10.2. The topological polar surface area (TPSA) is 60.5 Å². The molecule has 2 rings (SSSR count). The third-order valence-electron chi connectivity index (χ3n) is 2.80. The van der Waals surface area contributed by atoms with Gasteiger partial charge in [0.05, 0.1) is 18.5 Å². The normalized spacial score (nSPS) is 10.3. The van der Waals surface area contributed by atoms with Gasteiger partial charge in [-0.1, -0.05) is 11.6 Å². The summed E-state index contributed by atoms with van der Waals surface area (Å²) in [7, 11) is 0. The molecule has 2 aromatic rings. The number of nitrogens with one attached hydrogen (secondary N) is 1. The third-order valence-corrected chi connectivity index (χ3v) is 3.03. The molecule has 0 radical (unpaired) electrons. The molecule has 1 aromatic heterocycles. The summed E-state index contributed by atoms with van der Waals surface area (Å²) in [6.45, 7) is 3.63. The second-order valence-electron chi connectivity index (χ2n) is 4.39. The second-order valence-corrected chi connectivity index (χ2v) is 4.78. The lowest BCUT2D eigenvalue weighted by Crippen LogP contribution is -2.12. The number of carbonyl (C=O) groups is 1. The van der Waals surface area contributed by atoms with Gasteiger partial charge in [0.1, 0.15) is 17.5 Å². The average molecular weight is 321 g/mol. The van der Waals surface area contributed by atoms with Gasteiger partial charge in [-0.2, -0.15) is 0 Å². The molecule has 0 aliphatic carbocycles. The molecule has 0 fully saturated rings. The fraction of sp³-hybridized carbons (Fsp3) is 0.250. The fourth-order valence-corrected chi connectivity index (χ4v) is 1.83. The molecular formula is C16H17ClN2O3. The SMILES string of the molecule is CCOCCOc1ccc(C(=O)Nc2ccc(Cl)nc2)cc1. The summed E-state index contributed by atoms with van der Waals surface area (Å²) < 4.78 is 10.7. The Morgan fingerprint density at radius 2 is 1.95 bits per heavy atom. The molecule has 6 heteroatoms. The first-order chi connectivity index (χ1) is 10.7. The van der Waals surface area contributed by atoms with Gasteiger partial charge in [-0.05, 0) is 43.3 Å². The van der Waals surface area contributed by atoms with Crippen molar-refractivity contribution in [2.24, 2.45) is 0 Å². The van der Waals surface area contributed by atoms with Gasteiger partial charge in [0.15, 0.2) is 0 Å². The van der Waals surface area contributed by atoms with Crippen molar-refractivity contribution in [1.29, 1.82) is 0 Å². The zero-order chi connectivity index (χ0) is 15.8. The van der Waals surface area contributed by atoms with Gasteiger partial charge in [0.2, 0.25) is 0 Å². The predicted octanol–water partition coefficient (Wildman–Crippen LogP) is 3.40. The van der Waals surface area contributed by atoms with E-state index in [-0.39, 0.29) is 5.91 Å². The van der Waals surface area contributed by atoms with E-state index in [9.17, 15) is 4.79 Å². The van der Waals surface area contributed by atoms with Crippen LogP contribution in [-0.4, -0.2) is 30.7 Å². The van der Waals surface area contributed by atoms with Crippen molar-refractivity contribution in [3.63, 3.8) is 0 Å². The minimum atomic E-state index is -0.218. The zero-order valence-corrected chi connectivity index (χ0v) is 13.0. The highest BCUT2D eigenvalue weighted by Gasteiger charge is 2.06. The molecule has 0 spiro atoms. The standard InChI is InChI=1S/C16H17ClN2O3/c1-2-21-9-10-22-14-6-3-12(4-7-14)16(20)19-13-5-8-15(17)18-11-13/h3-8,11H,2,9-10H2,1H3,(H,19,20). The summed E-state index contributed by atoms with van der Waals surface area (Å²) in [6.07, 6.45) is 1.51. The lowest BCUT2D eigenvalue weighted by molar-refractivity contribution is 0.102. The maximum atomic E-state index is 12.1. The molecule has 1 N–H and O–H groups in total. The van der Waals surface area contributed by atoms with E-state index in [1.807, 2.05) is 6.92 Å². The highest BCUT2D eigenvalue weighted by Crippen LogP contribution is 2.15.